The molecule has 1 unspecified atom stereocenters. The SMILES string of the molecule is CC(C)NC(=O)N1CCCC2(CCC(=O)N2CCN(C)C)CC1. The molecular formula is C17H32N4O2. The van der Waals surface area contributed by atoms with E-state index in [4.69, 9.17) is 0 Å². The summed E-state index contributed by atoms with van der Waals surface area (Å²) in [6.07, 6.45) is 4.48. The topological polar surface area (TPSA) is 55.9 Å². The Bertz CT molecular complexity index is 438. The zero-order valence-electron chi connectivity index (χ0n) is 15.1. The maximum Gasteiger partial charge on any atom is 0.317 e. The van der Waals surface area contributed by atoms with Gasteiger partial charge in [0.2, 0.25) is 5.91 Å². The number of carbonyl (C=O) groups is 2. The molecule has 23 heavy (non-hydrogen) atoms. The van der Waals surface area contributed by atoms with E-state index in [2.05, 4.69) is 15.1 Å². The minimum absolute atomic E-state index is 0.0278. The van der Waals surface area contributed by atoms with Crippen LogP contribution in [0.25, 0.3) is 0 Å². The number of rotatable bonds is 4. The Labute approximate surface area is 140 Å². The van der Waals surface area contributed by atoms with Gasteiger partial charge in [0.15, 0.2) is 0 Å². The van der Waals surface area contributed by atoms with E-state index < -0.39 is 0 Å². The van der Waals surface area contributed by atoms with Crippen LogP contribution in [0.3, 0.4) is 0 Å². The smallest absolute Gasteiger partial charge is 0.317 e. The molecule has 2 heterocycles. The van der Waals surface area contributed by atoms with Gasteiger partial charge in [-0.1, -0.05) is 0 Å². The van der Waals surface area contributed by atoms with Gasteiger partial charge in [-0.15, -0.1) is 0 Å². The van der Waals surface area contributed by atoms with Crippen molar-refractivity contribution in [1.29, 1.82) is 0 Å². The Balaban J connectivity index is 2.02. The Morgan fingerprint density at radius 2 is 2.00 bits per heavy atom. The summed E-state index contributed by atoms with van der Waals surface area (Å²) < 4.78 is 0. The summed E-state index contributed by atoms with van der Waals surface area (Å²) in [5.74, 6) is 0.284. The molecule has 0 aromatic carbocycles. The van der Waals surface area contributed by atoms with Crippen LogP contribution >= 0.6 is 0 Å². The van der Waals surface area contributed by atoms with E-state index in [9.17, 15) is 9.59 Å². The number of likely N-dealkylation sites (tertiary alicyclic amines) is 2. The van der Waals surface area contributed by atoms with Crippen molar-refractivity contribution in [3.8, 4) is 0 Å². The fourth-order valence-corrected chi connectivity index (χ4v) is 3.78. The van der Waals surface area contributed by atoms with Crippen LogP contribution < -0.4 is 5.32 Å². The number of hydrogen-bond acceptors (Lipinski definition) is 3. The monoisotopic (exact) mass is 324 g/mol. The van der Waals surface area contributed by atoms with Gasteiger partial charge in [-0.05, 0) is 53.6 Å². The zero-order chi connectivity index (χ0) is 17.0. The Kier molecular flexibility index (Phi) is 5.89. The summed E-state index contributed by atoms with van der Waals surface area (Å²) >= 11 is 0. The highest BCUT2D eigenvalue weighted by Gasteiger charge is 2.45. The average Bonchev–Trinajstić information content (AvgIpc) is 2.64. The van der Waals surface area contributed by atoms with Gasteiger partial charge >= 0.3 is 6.03 Å². The lowest BCUT2D eigenvalue weighted by molar-refractivity contribution is -0.131. The molecule has 1 spiro atoms. The van der Waals surface area contributed by atoms with Crippen molar-refractivity contribution in [2.24, 2.45) is 0 Å². The van der Waals surface area contributed by atoms with E-state index >= 15 is 0 Å². The lowest BCUT2D eigenvalue weighted by Crippen LogP contribution is -2.49. The van der Waals surface area contributed by atoms with Gasteiger partial charge in [0, 0.05) is 44.2 Å². The maximum absolute atomic E-state index is 12.3. The predicted molar refractivity (Wildman–Crippen MR) is 91.3 cm³/mol. The van der Waals surface area contributed by atoms with E-state index in [1.807, 2.05) is 32.8 Å². The molecule has 0 aliphatic carbocycles. The van der Waals surface area contributed by atoms with E-state index in [0.29, 0.717) is 6.42 Å². The van der Waals surface area contributed by atoms with Crippen molar-refractivity contribution in [2.45, 2.75) is 57.5 Å². The van der Waals surface area contributed by atoms with E-state index in [-0.39, 0.29) is 23.5 Å². The summed E-state index contributed by atoms with van der Waals surface area (Å²) in [6, 6.07) is 0.186. The fourth-order valence-electron chi connectivity index (χ4n) is 3.78. The lowest BCUT2D eigenvalue weighted by atomic mass is 9.87. The minimum atomic E-state index is -0.0278. The van der Waals surface area contributed by atoms with Crippen LogP contribution in [0, 0.1) is 0 Å². The highest BCUT2D eigenvalue weighted by atomic mass is 16.2. The first kappa shape index (κ1) is 18.0. The molecule has 0 radical (unpaired) electrons. The van der Waals surface area contributed by atoms with Gasteiger partial charge in [0.05, 0.1) is 0 Å². The summed E-state index contributed by atoms with van der Waals surface area (Å²) in [7, 11) is 4.08. The zero-order valence-corrected chi connectivity index (χ0v) is 15.1. The van der Waals surface area contributed by atoms with E-state index in [0.717, 1.165) is 51.9 Å². The van der Waals surface area contributed by atoms with Crippen molar-refractivity contribution in [2.75, 3.05) is 40.3 Å². The Hall–Kier alpha value is -1.30. The fraction of sp³-hybridized carbons (Fsp3) is 0.882. The number of nitrogens with one attached hydrogen (secondary N) is 1. The molecule has 2 fully saturated rings. The average molecular weight is 324 g/mol. The molecule has 6 nitrogen and oxygen atoms in total. The van der Waals surface area contributed by atoms with Gasteiger partial charge in [-0.25, -0.2) is 4.79 Å². The lowest BCUT2D eigenvalue weighted by Gasteiger charge is -2.38. The van der Waals surface area contributed by atoms with Crippen LogP contribution in [0.5, 0.6) is 0 Å². The number of urea groups is 1. The van der Waals surface area contributed by atoms with Crippen molar-refractivity contribution >= 4 is 11.9 Å². The summed E-state index contributed by atoms with van der Waals surface area (Å²) in [5, 5.41) is 2.98. The van der Waals surface area contributed by atoms with Gasteiger partial charge in [0.25, 0.3) is 0 Å². The molecule has 0 bridgehead atoms. The predicted octanol–water partition coefficient (Wildman–Crippen LogP) is 1.51. The number of hydrogen-bond donors (Lipinski definition) is 1. The number of nitrogens with zero attached hydrogens (tertiary/aromatic N) is 3. The van der Waals surface area contributed by atoms with Crippen LogP contribution in [0.4, 0.5) is 4.79 Å². The van der Waals surface area contributed by atoms with Crippen molar-refractivity contribution in [1.82, 2.24) is 20.0 Å². The highest BCUT2D eigenvalue weighted by Crippen LogP contribution is 2.38. The molecule has 6 heteroatoms. The third-order valence-corrected chi connectivity index (χ3v) is 5.07. The molecule has 1 atom stereocenters. The van der Waals surface area contributed by atoms with Crippen LogP contribution in [-0.4, -0.2) is 78.5 Å². The molecule has 132 valence electrons. The number of carbonyl (C=O) groups excluding carboxylic acids is 2. The summed E-state index contributed by atoms with van der Waals surface area (Å²) in [4.78, 5) is 30.8. The van der Waals surface area contributed by atoms with E-state index in [1.165, 1.54) is 0 Å². The molecule has 0 aromatic heterocycles. The first-order chi connectivity index (χ1) is 10.8. The van der Waals surface area contributed by atoms with Gasteiger partial charge in [0.1, 0.15) is 0 Å². The van der Waals surface area contributed by atoms with E-state index in [1.54, 1.807) is 0 Å². The summed E-state index contributed by atoms with van der Waals surface area (Å²) in [6.45, 7) is 7.18. The van der Waals surface area contributed by atoms with Crippen LogP contribution in [-0.2, 0) is 4.79 Å². The second-order valence-corrected chi connectivity index (χ2v) is 7.52. The minimum Gasteiger partial charge on any atom is -0.336 e. The first-order valence-electron chi connectivity index (χ1n) is 8.85. The third kappa shape index (κ3) is 4.37. The highest BCUT2D eigenvalue weighted by molar-refractivity contribution is 5.80. The molecule has 3 amide bonds. The van der Waals surface area contributed by atoms with Crippen molar-refractivity contribution in [3.63, 3.8) is 0 Å². The van der Waals surface area contributed by atoms with Crippen molar-refractivity contribution in [3.05, 3.63) is 0 Å². The molecule has 2 rings (SSSR count). The molecule has 1 N–H and O–H groups in total. The second kappa shape index (κ2) is 7.51. The Morgan fingerprint density at radius 1 is 1.26 bits per heavy atom. The number of likely N-dealkylation sites (N-methyl/N-ethyl adjacent to an activating group) is 1. The standard InChI is InChI=1S/C17H32N4O2/c1-14(2)18-16(23)20-10-5-7-17(9-11-20)8-6-15(22)21(17)13-12-19(3)4/h14H,5-13H2,1-4H3,(H,18,23). The second-order valence-electron chi connectivity index (χ2n) is 7.52. The van der Waals surface area contributed by atoms with Gasteiger partial charge in [-0.2, -0.15) is 0 Å². The molecule has 0 saturated carbocycles. The van der Waals surface area contributed by atoms with Gasteiger partial charge in [-0.3, -0.25) is 4.79 Å². The number of amides is 3. The van der Waals surface area contributed by atoms with Crippen LogP contribution in [0.15, 0.2) is 0 Å². The molecule has 2 aliphatic rings. The maximum atomic E-state index is 12.3. The first-order valence-corrected chi connectivity index (χ1v) is 8.85. The molecule has 0 aromatic rings. The molecule has 2 aliphatic heterocycles. The molecular weight excluding hydrogens is 292 g/mol. The Morgan fingerprint density at radius 3 is 2.65 bits per heavy atom. The van der Waals surface area contributed by atoms with Crippen molar-refractivity contribution < 1.29 is 9.59 Å². The van der Waals surface area contributed by atoms with Crippen LogP contribution in [0.2, 0.25) is 0 Å². The quantitative estimate of drug-likeness (QED) is 0.853. The third-order valence-electron chi connectivity index (χ3n) is 5.07. The van der Waals surface area contributed by atoms with Gasteiger partial charge < -0.3 is 20.0 Å². The van der Waals surface area contributed by atoms with Crippen LogP contribution in [0.1, 0.15) is 46.0 Å². The molecule has 2 saturated heterocycles. The summed E-state index contributed by atoms with van der Waals surface area (Å²) in [5.41, 5.74) is -0.0278. The largest absolute Gasteiger partial charge is 0.336 e. The normalized spacial score (nSPS) is 25.6.